The molecule has 1 fully saturated rings. The highest BCUT2D eigenvalue weighted by atomic mass is 19.1. The van der Waals surface area contributed by atoms with Crippen LogP contribution in [-0.2, 0) is 11.2 Å². The molecule has 0 aliphatic carbocycles. The minimum Gasteiger partial charge on any atom is -0.369 e. The molecule has 0 bridgehead atoms. The topological polar surface area (TPSA) is 98.1 Å². The van der Waals surface area contributed by atoms with Gasteiger partial charge in [0.15, 0.2) is 5.82 Å². The molecule has 2 aromatic heterocycles. The molecule has 0 unspecified atom stereocenters. The monoisotopic (exact) mass is 381 g/mol. The number of halogens is 1. The van der Waals surface area contributed by atoms with Crippen molar-refractivity contribution in [2.24, 2.45) is 11.7 Å². The number of pyridine rings is 1. The predicted octanol–water partition coefficient (Wildman–Crippen LogP) is 2.56. The largest absolute Gasteiger partial charge is 0.369 e. The Morgan fingerprint density at radius 2 is 2.07 bits per heavy atom. The SMILES string of the molecule is NC(=O)[C@@H]1CCCN(c2ccc(-c3nc(Cc4ccc(F)cc4)no3)cn2)C1. The molecular weight excluding hydrogens is 361 g/mol. The van der Waals surface area contributed by atoms with E-state index in [1.165, 1.54) is 12.1 Å². The number of anilines is 1. The molecule has 144 valence electrons. The van der Waals surface area contributed by atoms with E-state index in [4.69, 9.17) is 10.3 Å². The van der Waals surface area contributed by atoms with Gasteiger partial charge >= 0.3 is 0 Å². The first-order valence-electron chi connectivity index (χ1n) is 9.16. The van der Waals surface area contributed by atoms with Crippen molar-refractivity contribution in [3.05, 3.63) is 59.8 Å². The number of carbonyl (C=O) groups excluding carboxylic acids is 1. The van der Waals surface area contributed by atoms with Gasteiger partial charge in [0, 0.05) is 25.7 Å². The Labute approximate surface area is 161 Å². The van der Waals surface area contributed by atoms with Crippen LogP contribution in [0.2, 0.25) is 0 Å². The summed E-state index contributed by atoms with van der Waals surface area (Å²) in [4.78, 5) is 22.4. The third-order valence-electron chi connectivity index (χ3n) is 4.89. The number of hydrogen-bond acceptors (Lipinski definition) is 6. The van der Waals surface area contributed by atoms with Crippen molar-refractivity contribution in [1.82, 2.24) is 15.1 Å². The summed E-state index contributed by atoms with van der Waals surface area (Å²) in [6.07, 6.45) is 3.87. The van der Waals surface area contributed by atoms with Crippen LogP contribution >= 0.6 is 0 Å². The number of benzene rings is 1. The van der Waals surface area contributed by atoms with Gasteiger partial charge in [0.25, 0.3) is 5.89 Å². The molecule has 1 aromatic carbocycles. The van der Waals surface area contributed by atoms with Gasteiger partial charge in [-0.2, -0.15) is 4.98 Å². The summed E-state index contributed by atoms with van der Waals surface area (Å²) < 4.78 is 18.3. The van der Waals surface area contributed by atoms with Gasteiger partial charge in [-0.25, -0.2) is 9.37 Å². The maximum absolute atomic E-state index is 13.0. The molecular formula is C20H20FN5O2. The highest BCUT2D eigenvalue weighted by molar-refractivity contribution is 5.77. The number of aromatic nitrogens is 3. The summed E-state index contributed by atoms with van der Waals surface area (Å²) in [5.41, 5.74) is 7.05. The van der Waals surface area contributed by atoms with E-state index in [9.17, 15) is 9.18 Å². The van der Waals surface area contributed by atoms with Crippen LogP contribution in [0.3, 0.4) is 0 Å². The fourth-order valence-corrected chi connectivity index (χ4v) is 3.34. The van der Waals surface area contributed by atoms with Gasteiger partial charge in [-0.15, -0.1) is 0 Å². The second-order valence-electron chi connectivity index (χ2n) is 6.91. The van der Waals surface area contributed by atoms with Crippen molar-refractivity contribution in [2.75, 3.05) is 18.0 Å². The zero-order chi connectivity index (χ0) is 19.5. The van der Waals surface area contributed by atoms with Gasteiger partial charge in [-0.1, -0.05) is 17.3 Å². The molecule has 7 nitrogen and oxygen atoms in total. The zero-order valence-electron chi connectivity index (χ0n) is 15.2. The van der Waals surface area contributed by atoms with Gasteiger partial charge < -0.3 is 15.2 Å². The molecule has 1 atom stereocenters. The first-order valence-corrected chi connectivity index (χ1v) is 9.16. The molecule has 2 N–H and O–H groups in total. The zero-order valence-corrected chi connectivity index (χ0v) is 15.2. The normalized spacial score (nSPS) is 16.9. The van der Waals surface area contributed by atoms with Crippen LogP contribution in [0.4, 0.5) is 10.2 Å². The number of hydrogen-bond donors (Lipinski definition) is 1. The first-order chi connectivity index (χ1) is 13.6. The van der Waals surface area contributed by atoms with E-state index in [1.54, 1.807) is 18.3 Å². The minimum absolute atomic E-state index is 0.139. The maximum atomic E-state index is 13.0. The summed E-state index contributed by atoms with van der Waals surface area (Å²) in [6, 6.07) is 9.94. The summed E-state index contributed by atoms with van der Waals surface area (Å²) in [7, 11) is 0. The van der Waals surface area contributed by atoms with E-state index >= 15 is 0 Å². The van der Waals surface area contributed by atoms with E-state index in [0.717, 1.165) is 30.8 Å². The standard InChI is InChI=1S/C20H20FN5O2/c21-16-6-3-13(4-7-16)10-17-24-20(28-25-17)14-5-8-18(23-11-14)26-9-1-2-15(12-26)19(22)27/h3-8,11,15H,1-2,9-10,12H2,(H2,22,27)/t15-/m1/s1. The second-order valence-corrected chi connectivity index (χ2v) is 6.91. The van der Waals surface area contributed by atoms with E-state index in [2.05, 4.69) is 20.0 Å². The molecule has 3 heterocycles. The fourth-order valence-electron chi connectivity index (χ4n) is 3.34. The van der Waals surface area contributed by atoms with Crippen LogP contribution in [0.25, 0.3) is 11.5 Å². The number of rotatable bonds is 5. The van der Waals surface area contributed by atoms with Gasteiger partial charge in [0.05, 0.1) is 11.5 Å². The fraction of sp³-hybridized carbons (Fsp3) is 0.300. The highest BCUT2D eigenvalue weighted by Gasteiger charge is 2.24. The second kappa shape index (κ2) is 7.75. The Kier molecular flexibility index (Phi) is 5.01. The van der Waals surface area contributed by atoms with Crippen molar-refractivity contribution >= 4 is 11.7 Å². The summed E-state index contributed by atoms with van der Waals surface area (Å²) in [5.74, 6) is 1.01. The Morgan fingerprint density at radius 1 is 1.25 bits per heavy atom. The third kappa shape index (κ3) is 4.00. The number of primary amides is 1. The maximum Gasteiger partial charge on any atom is 0.259 e. The Hall–Kier alpha value is -3.29. The molecule has 8 heteroatoms. The molecule has 1 amide bonds. The van der Waals surface area contributed by atoms with Crippen LogP contribution in [-0.4, -0.2) is 34.1 Å². The van der Waals surface area contributed by atoms with Crippen molar-refractivity contribution in [3.8, 4) is 11.5 Å². The molecule has 0 saturated carbocycles. The van der Waals surface area contributed by atoms with Gasteiger partial charge in [-0.05, 0) is 42.7 Å². The lowest BCUT2D eigenvalue weighted by Crippen LogP contribution is -2.41. The Bertz CT molecular complexity index is 955. The minimum atomic E-state index is -0.278. The van der Waals surface area contributed by atoms with Crippen LogP contribution in [0, 0.1) is 11.7 Å². The van der Waals surface area contributed by atoms with E-state index in [-0.39, 0.29) is 17.6 Å². The summed E-state index contributed by atoms with van der Waals surface area (Å²) >= 11 is 0. The molecule has 1 aliphatic rings. The Morgan fingerprint density at radius 3 is 2.79 bits per heavy atom. The van der Waals surface area contributed by atoms with Crippen molar-refractivity contribution < 1.29 is 13.7 Å². The average Bonchev–Trinajstić information content (AvgIpc) is 3.18. The van der Waals surface area contributed by atoms with Gasteiger partial charge in [0.1, 0.15) is 11.6 Å². The van der Waals surface area contributed by atoms with Crippen LogP contribution in [0.1, 0.15) is 24.2 Å². The van der Waals surface area contributed by atoms with Crippen molar-refractivity contribution in [2.45, 2.75) is 19.3 Å². The molecule has 28 heavy (non-hydrogen) atoms. The highest BCUT2D eigenvalue weighted by Crippen LogP contribution is 2.24. The van der Waals surface area contributed by atoms with Gasteiger partial charge in [-0.3, -0.25) is 4.79 Å². The van der Waals surface area contributed by atoms with Crippen molar-refractivity contribution in [1.29, 1.82) is 0 Å². The van der Waals surface area contributed by atoms with Gasteiger partial charge in [0.2, 0.25) is 5.91 Å². The van der Waals surface area contributed by atoms with E-state index in [0.29, 0.717) is 30.2 Å². The molecule has 1 aliphatic heterocycles. The molecule has 0 radical (unpaired) electrons. The Balaban J connectivity index is 1.45. The average molecular weight is 381 g/mol. The molecule has 3 aromatic rings. The summed E-state index contributed by atoms with van der Waals surface area (Å²) in [6.45, 7) is 1.43. The molecule has 4 rings (SSSR count). The lowest BCUT2D eigenvalue weighted by Gasteiger charge is -2.32. The number of piperidine rings is 1. The van der Waals surface area contributed by atoms with Crippen LogP contribution in [0.15, 0.2) is 47.1 Å². The number of nitrogens with zero attached hydrogens (tertiary/aromatic N) is 4. The van der Waals surface area contributed by atoms with E-state index < -0.39 is 0 Å². The summed E-state index contributed by atoms with van der Waals surface area (Å²) in [5, 5.41) is 3.98. The number of amides is 1. The van der Waals surface area contributed by atoms with Crippen molar-refractivity contribution in [3.63, 3.8) is 0 Å². The number of nitrogens with two attached hydrogens (primary N) is 1. The quantitative estimate of drug-likeness (QED) is 0.729. The van der Waals surface area contributed by atoms with Crippen LogP contribution < -0.4 is 10.6 Å². The third-order valence-corrected chi connectivity index (χ3v) is 4.89. The number of carbonyl (C=O) groups is 1. The van der Waals surface area contributed by atoms with Crippen LogP contribution in [0.5, 0.6) is 0 Å². The molecule has 0 spiro atoms. The van der Waals surface area contributed by atoms with E-state index in [1.807, 2.05) is 12.1 Å². The lowest BCUT2D eigenvalue weighted by atomic mass is 9.97. The smallest absolute Gasteiger partial charge is 0.259 e. The molecule has 1 saturated heterocycles. The lowest BCUT2D eigenvalue weighted by molar-refractivity contribution is -0.122. The first kappa shape index (κ1) is 18.1. The predicted molar refractivity (Wildman–Crippen MR) is 101 cm³/mol.